The van der Waals surface area contributed by atoms with Gasteiger partial charge in [0.25, 0.3) is 0 Å². The Morgan fingerprint density at radius 3 is 2.57 bits per heavy atom. The van der Waals surface area contributed by atoms with Gasteiger partial charge < -0.3 is 10.2 Å². The first kappa shape index (κ1) is 18.7. The lowest BCUT2D eigenvalue weighted by Crippen LogP contribution is -2.64. The fourth-order valence-electron chi connectivity index (χ4n) is 5.43. The molecule has 4 atom stereocenters. The molecule has 2 fully saturated rings. The van der Waals surface area contributed by atoms with E-state index in [0.717, 1.165) is 31.3 Å². The molecule has 0 amide bonds. The summed E-state index contributed by atoms with van der Waals surface area (Å²) in [5, 5.41) is 20.7. The number of rotatable bonds is 4. The van der Waals surface area contributed by atoms with Crippen molar-refractivity contribution >= 4 is 5.78 Å². The van der Waals surface area contributed by atoms with E-state index in [9.17, 15) is 9.90 Å². The summed E-state index contributed by atoms with van der Waals surface area (Å²) in [6.07, 6.45) is 6.99. The predicted molar refractivity (Wildman–Crippen MR) is 93.0 cm³/mol. The molecule has 2 saturated carbocycles. The second kappa shape index (κ2) is 6.33. The lowest BCUT2D eigenvalue weighted by atomic mass is 9.44. The van der Waals surface area contributed by atoms with E-state index >= 15 is 0 Å². The van der Waals surface area contributed by atoms with Crippen LogP contribution in [0.5, 0.6) is 0 Å². The minimum Gasteiger partial charge on any atom is -0.392 e. The van der Waals surface area contributed by atoms with E-state index < -0.39 is 5.60 Å². The molecule has 0 heterocycles. The van der Waals surface area contributed by atoms with Crippen LogP contribution in [0.2, 0.25) is 0 Å². The number of allylic oxidation sites excluding steroid dienone is 1. The molecule has 0 spiro atoms. The Hall–Kier alpha value is -0.670. The van der Waals surface area contributed by atoms with Crippen molar-refractivity contribution in [2.24, 2.45) is 22.7 Å². The lowest BCUT2D eigenvalue weighted by Gasteiger charge is -2.62. The molecular formula is C20H34O3. The highest BCUT2D eigenvalue weighted by molar-refractivity contribution is 5.83. The van der Waals surface area contributed by atoms with Crippen LogP contribution in [0.1, 0.15) is 73.1 Å². The fourth-order valence-corrected chi connectivity index (χ4v) is 5.43. The number of Topliss-reactive ketones (excluding diaryl/α,β-unsaturated/α-hetero) is 1. The van der Waals surface area contributed by atoms with Crippen LogP contribution in [0, 0.1) is 22.7 Å². The van der Waals surface area contributed by atoms with E-state index in [1.807, 2.05) is 13.8 Å². The van der Waals surface area contributed by atoms with E-state index in [-0.39, 0.29) is 35.1 Å². The first-order valence-corrected chi connectivity index (χ1v) is 9.10. The highest BCUT2D eigenvalue weighted by Gasteiger charge is 2.63. The van der Waals surface area contributed by atoms with Gasteiger partial charge in [-0.2, -0.15) is 0 Å². The van der Waals surface area contributed by atoms with E-state index in [0.29, 0.717) is 12.8 Å². The zero-order chi connectivity index (χ0) is 17.5. The average Bonchev–Trinajstić information content (AvgIpc) is 2.46. The van der Waals surface area contributed by atoms with Crippen molar-refractivity contribution in [3.05, 3.63) is 11.6 Å². The van der Waals surface area contributed by atoms with E-state index in [2.05, 4.69) is 20.8 Å². The van der Waals surface area contributed by atoms with Crippen LogP contribution in [0.15, 0.2) is 11.6 Å². The molecule has 0 aliphatic heterocycles. The number of fused-ring (bicyclic) bond motifs is 1. The molecule has 0 radical (unpaired) electrons. The van der Waals surface area contributed by atoms with Gasteiger partial charge in [0.2, 0.25) is 0 Å². The van der Waals surface area contributed by atoms with Crippen molar-refractivity contribution in [1.29, 1.82) is 0 Å². The Labute approximate surface area is 141 Å². The van der Waals surface area contributed by atoms with Gasteiger partial charge in [-0.15, -0.1) is 0 Å². The van der Waals surface area contributed by atoms with E-state index in [4.69, 9.17) is 5.11 Å². The van der Waals surface area contributed by atoms with Crippen molar-refractivity contribution in [2.75, 3.05) is 6.61 Å². The first-order valence-electron chi connectivity index (χ1n) is 9.10. The summed E-state index contributed by atoms with van der Waals surface area (Å²) in [5.74, 6) is 0.160. The van der Waals surface area contributed by atoms with Gasteiger partial charge in [0.1, 0.15) is 5.78 Å². The zero-order valence-electron chi connectivity index (χ0n) is 15.5. The number of carbonyl (C=O) groups is 1. The number of aliphatic hydroxyl groups excluding tert-OH is 1. The van der Waals surface area contributed by atoms with E-state index in [1.54, 1.807) is 6.08 Å². The summed E-state index contributed by atoms with van der Waals surface area (Å²) >= 11 is 0. The average molecular weight is 322 g/mol. The normalized spacial score (nSPS) is 40.8. The second-order valence-corrected chi connectivity index (χ2v) is 8.86. The molecule has 3 nitrogen and oxygen atoms in total. The van der Waals surface area contributed by atoms with E-state index in [1.165, 1.54) is 0 Å². The monoisotopic (exact) mass is 322 g/mol. The summed E-state index contributed by atoms with van der Waals surface area (Å²) in [4.78, 5) is 12.7. The third kappa shape index (κ3) is 3.02. The van der Waals surface area contributed by atoms with Gasteiger partial charge in [-0.1, -0.05) is 45.8 Å². The molecular weight excluding hydrogens is 288 g/mol. The smallest absolute Gasteiger partial charge is 0.138 e. The molecule has 2 aliphatic rings. The van der Waals surface area contributed by atoms with Crippen LogP contribution >= 0.6 is 0 Å². The number of hydrogen-bond acceptors (Lipinski definition) is 3. The van der Waals surface area contributed by atoms with Gasteiger partial charge in [-0.3, -0.25) is 4.79 Å². The Bertz CT molecular complexity index is 493. The molecule has 2 N–H and O–H groups in total. The van der Waals surface area contributed by atoms with Crippen LogP contribution in [-0.4, -0.2) is 28.2 Å². The van der Waals surface area contributed by atoms with Crippen molar-refractivity contribution in [1.82, 2.24) is 0 Å². The molecule has 0 aromatic heterocycles. The largest absolute Gasteiger partial charge is 0.392 e. The van der Waals surface area contributed by atoms with Crippen molar-refractivity contribution in [3.63, 3.8) is 0 Å². The molecule has 23 heavy (non-hydrogen) atoms. The Morgan fingerprint density at radius 2 is 1.96 bits per heavy atom. The zero-order valence-corrected chi connectivity index (χ0v) is 15.5. The van der Waals surface area contributed by atoms with Gasteiger partial charge in [-0.25, -0.2) is 0 Å². The maximum atomic E-state index is 12.7. The number of aliphatic hydroxyl groups is 2. The maximum Gasteiger partial charge on any atom is 0.138 e. The number of hydrogen-bond donors (Lipinski definition) is 2. The molecule has 0 aromatic rings. The molecule has 0 saturated heterocycles. The second-order valence-electron chi connectivity index (χ2n) is 8.86. The maximum absolute atomic E-state index is 12.7. The van der Waals surface area contributed by atoms with Gasteiger partial charge in [0, 0.05) is 17.8 Å². The Morgan fingerprint density at radius 1 is 1.30 bits per heavy atom. The minimum atomic E-state index is -0.949. The lowest BCUT2D eigenvalue weighted by molar-refractivity contribution is -0.208. The third-order valence-electron chi connectivity index (χ3n) is 7.16. The minimum absolute atomic E-state index is 0.0334. The quantitative estimate of drug-likeness (QED) is 0.772. The summed E-state index contributed by atoms with van der Waals surface area (Å²) < 4.78 is 0. The van der Waals surface area contributed by atoms with Crippen molar-refractivity contribution < 1.29 is 15.0 Å². The van der Waals surface area contributed by atoms with Crippen molar-refractivity contribution in [2.45, 2.75) is 78.7 Å². The standard InChI is InChI=1S/C20H34O3/c1-14(8-12-21)7-11-20(23)15(2)16(22)13-17-18(3,4)9-6-10-19(17,20)5/h8,15,17,21,23H,6-7,9-13H2,1-5H3/b14-8+/t15-,17+,19+,20-/m1/s1. The summed E-state index contributed by atoms with van der Waals surface area (Å²) in [7, 11) is 0. The Kier molecular flexibility index (Phi) is 5.13. The number of carbonyl (C=O) groups excluding carboxylic acids is 1. The topological polar surface area (TPSA) is 57.5 Å². The van der Waals surface area contributed by atoms with Crippen LogP contribution in [0.25, 0.3) is 0 Å². The predicted octanol–water partition coefficient (Wildman–Crippen LogP) is 3.88. The van der Waals surface area contributed by atoms with Crippen LogP contribution < -0.4 is 0 Å². The third-order valence-corrected chi connectivity index (χ3v) is 7.16. The Balaban J connectivity index is 2.37. The SMILES string of the molecule is C/C(=C\CO)CC[C@@]1(O)[C@H](C)C(=O)C[C@H]2C(C)(C)CCC[C@@]21C. The molecule has 0 unspecified atom stereocenters. The molecule has 132 valence electrons. The fraction of sp³-hybridized carbons (Fsp3) is 0.850. The molecule has 3 heteroatoms. The summed E-state index contributed by atoms with van der Waals surface area (Å²) in [6, 6.07) is 0. The molecule has 0 aromatic carbocycles. The molecule has 2 aliphatic carbocycles. The summed E-state index contributed by atoms with van der Waals surface area (Å²) in [5.41, 5.74) is 0.0326. The highest BCUT2D eigenvalue weighted by atomic mass is 16.3. The highest BCUT2D eigenvalue weighted by Crippen LogP contribution is 2.62. The van der Waals surface area contributed by atoms with Gasteiger partial charge >= 0.3 is 0 Å². The summed E-state index contributed by atoms with van der Waals surface area (Å²) in [6.45, 7) is 10.7. The molecule has 2 rings (SSSR count). The van der Waals surface area contributed by atoms with Gasteiger partial charge in [-0.05, 0) is 43.9 Å². The van der Waals surface area contributed by atoms with Crippen LogP contribution in [0.4, 0.5) is 0 Å². The molecule has 0 bridgehead atoms. The first-order chi connectivity index (χ1) is 10.6. The van der Waals surface area contributed by atoms with Gasteiger partial charge in [0.05, 0.1) is 12.2 Å². The van der Waals surface area contributed by atoms with Crippen molar-refractivity contribution in [3.8, 4) is 0 Å². The van der Waals surface area contributed by atoms with Gasteiger partial charge in [0.15, 0.2) is 0 Å². The van der Waals surface area contributed by atoms with Crippen LogP contribution in [-0.2, 0) is 4.79 Å². The van der Waals surface area contributed by atoms with Crippen LogP contribution in [0.3, 0.4) is 0 Å². The number of ketones is 1.